The lowest BCUT2D eigenvalue weighted by molar-refractivity contribution is 0.197. The molecule has 0 spiro atoms. The van der Waals surface area contributed by atoms with Crippen molar-refractivity contribution in [2.24, 2.45) is 7.05 Å². The fraction of sp³-hybridized carbons (Fsp3) is 0.556. The molecular formula is C9H15N3O3. The molecular weight excluding hydrogens is 198 g/mol. The smallest absolute Gasteiger partial charge is 0.329 e. The first-order valence-electron chi connectivity index (χ1n) is 4.68. The van der Waals surface area contributed by atoms with Crippen LogP contribution in [0.3, 0.4) is 0 Å². The average molecular weight is 213 g/mol. The summed E-state index contributed by atoms with van der Waals surface area (Å²) in [6, 6.07) is 1.36. The maximum atomic E-state index is 11.2. The van der Waals surface area contributed by atoms with Gasteiger partial charge >= 0.3 is 5.69 Å². The van der Waals surface area contributed by atoms with Gasteiger partial charge in [-0.3, -0.25) is 14.3 Å². The number of nitrogens with one attached hydrogen (secondary N) is 2. The summed E-state index contributed by atoms with van der Waals surface area (Å²) < 4.78 is 5.88. The highest BCUT2D eigenvalue weighted by Crippen LogP contribution is 1.93. The summed E-state index contributed by atoms with van der Waals surface area (Å²) >= 11 is 0. The normalized spacial score (nSPS) is 10.3. The SMILES string of the molecule is COCCCNc1cc(=O)n(C)c(=O)[nH]1. The highest BCUT2D eigenvalue weighted by Gasteiger charge is 1.98. The molecule has 0 aliphatic heterocycles. The number of anilines is 1. The number of hydrogen-bond acceptors (Lipinski definition) is 4. The Morgan fingerprint density at radius 1 is 1.53 bits per heavy atom. The molecule has 2 N–H and O–H groups in total. The Hall–Kier alpha value is -1.56. The molecule has 0 amide bonds. The van der Waals surface area contributed by atoms with E-state index in [1.54, 1.807) is 7.11 Å². The number of rotatable bonds is 5. The second kappa shape index (κ2) is 5.35. The zero-order chi connectivity index (χ0) is 11.3. The maximum absolute atomic E-state index is 11.2. The summed E-state index contributed by atoms with van der Waals surface area (Å²) in [7, 11) is 3.05. The van der Waals surface area contributed by atoms with Crippen LogP contribution in [-0.2, 0) is 11.8 Å². The van der Waals surface area contributed by atoms with Crippen molar-refractivity contribution in [3.8, 4) is 0 Å². The Morgan fingerprint density at radius 2 is 2.27 bits per heavy atom. The van der Waals surface area contributed by atoms with Gasteiger partial charge in [-0.2, -0.15) is 0 Å². The molecule has 0 bridgehead atoms. The van der Waals surface area contributed by atoms with Crippen molar-refractivity contribution in [1.29, 1.82) is 0 Å². The summed E-state index contributed by atoms with van der Waals surface area (Å²) in [5.74, 6) is 0.444. The third kappa shape index (κ3) is 3.25. The van der Waals surface area contributed by atoms with Crippen LogP contribution in [0.15, 0.2) is 15.7 Å². The lowest BCUT2D eigenvalue weighted by atomic mass is 10.4. The van der Waals surface area contributed by atoms with Gasteiger partial charge in [0.1, 0.15) is 5.82 Å². The molecule has 1 aromatic heterocycles. The monoisotopic (exact) mass is 213 g/mol. The topological polar surface area (TPSA) is 76.1 Å². The van der Waals surface area contributed by atoms with Gasteiger partial charge in [-0.1, -0.05) is 0 Å². The number of aromatic amines is 1. The minimum Gasteiger partial charge on any atom is -0.385 e. The minimum absolute atomic E-state index is 0.326. The van der Waals surface area contributed by atoms with E-state index in [9.17, 15) is 9.59 Å². The predicted molar refractivity (Wildman–Crippen MR) is 57.3 cm³/mol. The summed E-state index contributed by atoms with van der Waals surface area (Å²) in [6.45, 7) is 1.29. The molecule has 0 atom stereocenters. The minimum atomic E-state index is -0.420. The van der Waals surface area contributed by atoms with E-state index < -0.39 is 5.69 Å². The van der Waals surface area contributed by atoms with Crippen molar-refractivity contribution >= 4 is 5.82 Å². The first-order chi connectivity index (χ1) is 7.15. The van der Waals surface area contributed by atoms with Gasteiger partial charge in [0.05, 0.1) is 0 Å². The molecule has 1 rings (SSSR count). The summed E-state index contributed by atoms with van der Waals surface area (Å²) in [5.41, 5.74) is -0.746. The van der Waals surface area contributed by atoms with E-state index in [1.165, 1.54) is 13.1 Å². The fourth-order valence-corrected chi connectivity index (χ4v) is 1.09. The number of methoxy groups -OCH3 is 1. The van der Waals surface area contributed by atoms with Crippen molar-refractivity contribution in [1.82, 2.24) is 9.55 Å². The number of nitrogens with zero attached hydrogens (tertiary/aromatic N) is 1. The van der Waals surface area contributed by atoms with Crippen LogP contribution in [-0.4, -0.2) is 29.8 Å². The second-order valence-electron chi connectivity index (χ2n) is 3.16. The van der Waals surface area contributed by atoms with E-state index in [2.05, 4.69) is 10.3 Å². The lowest BCUT2D eigenvalue weighted by Gasteiger charge is -2.05. The molecule has 0 radical (unpaired) electrons. The maximum Gasteiger partial charge on any atom is 0.329 e. The zero-order valence-corrected chi connectivity index (χ0v) is 8.87. The number of hydrogen-bond donors (Lipinski definition) is 2. The van der Waals surface area contributed by atoms with E-state index in [-0.39, 0.29) is 5.56 Å². The Kier molecular flexibility index (Phi) is 4.11. The lowest BCUT2D eigenvalue weighted by Crippen LogP contribution is -2.32. The summed E-state index contributed by atoms with van der Waals surface area (Å²) in [6.07, 6.45) is 0.813. The third-order valence-electron chi connectivity index (χ3n) is 1.99. The molecule has 0 fully saturated rings. The van der Waals surface area contributed by atoms with E-state index in [0.717, 1.165) is 11.0 Å². The van der Waals surface area contributed by atoms with Crippen molar-refractivity contribution in [2.45, 2.75) is 6.42 Å². The Balaban J connectivity index is 2.63. The molecule has 6 nitrogen and oxygen atoms in total. The van der Waals surface area contributed by atoms with E-state index in [0.29, 0.717) is 19.0 Å². The van der Waals surface area contributed by atoms with Gasteiger partial charge in [-0.05, 0) is 6.42 Å². The van der Waals surface area contributed by atoms with Crippen LogP contribution in [0, 0.1) is 0 Å². The van der Waals surface area contributed by atoms with E-state index >= 15 is 0 Å². The number of H-pyrrole nitrogens is 1. The van der Waals surface area contributed by atoms with Gasteiger partial charge in [0.2, 0.25) is 0 Å². The number of aromatic nitrogens is 2. The first kappa shape index (κ1) is 11.5. The van der Waals surface area contributed by atoms with Crippen LogP contribution < -0.4 is 16.6 Å². The van der Waals surface area contributed by atoms with Gasteiger partial charge in [0.15, 0.2) is 0 Å². The van der Waals surface area contributed by atoms with Crippen LogP contribution in [0.5, 0.6) is 0 Å². The van der Waals surface area contributed by atoms with Gasteiger partial charge in [0.25, 0.3) is 5.56 Å². The predicted octanol–water partition coefficient (Wildman–Crippen LogP) is -0.478. The van der Waals surface area contributed by atoms with Gasteiger partial charge in [0, 0.05) is 33.4 Å². The molecule has 0 saturated carbocycles. The van der Waals surface area contributed by atoms with Gasteiger partial charge in [-0.25, -0.2) is 4.79 Å². The highest BCUT2D eigenvalue weighted by molar-refractivity contribution is 5.31. The van der Waals surface area contributed by atoms with Gasteiger partial charge < -0.3 is 10.1 Å². The molecule has 1 aromatic rings. The standard InChI is InChI=1S/C9H15N3O3/c1-12-8(13)6-7(11-9(12)14)10-4-3-5-15-2/h6,10H,3-5H2,1-2H3,(H,11,14). The van der Waals surface area contributed by atoms with Crippen molar-refractivity contribution in [2.75, 3.05) is 25.6 Å². The van der Waals surface area contributed by atoms with Crippen LogP contribution >= 0.6 is 0 Å². The Labute approximate surface area is 86.9 Å². The van der Waals surface area contributed by atoms with E-state index in [1.807, 2.05) is 0 Å². The molecule has 0 aliphatic carbocycles. The number of ether oxygens (including phenoxy) is 1. The Morgan fingerprint density at radius 3 is 2.87 bits per heavy atom. The van der Waals surface area contributed by atoms with Gasteiger partial charge in [-0.15, -0.1) is 0 Å². The molecule has 0 aliphatic rings. The fourth-order valence-electron chi connectivity index (χ4n) is 1.09. The van der Waals surface area contributed by atoms with Crippen LogP contribution in [0.4, 0.5) is 5.82 Å². The Bertz CT molecular complexity index is 390. The molecule has 15 heavy (non-hydrogen) atoms. The third-order valence-corrected chi connectivity index (χ3v) is 1.99. The molecule has 6 heteroatoms. The average Bonchev–Trinajstić information content (AvgIpc) is 2.21. The largest absolute Gasteiger partial charge is 0.385 e. The molecule has 0 saturated heterocycles. The first-order valence-corrected chi connectivity index (χ1v) is 4.68. The van der Waals surface area contributed by atoms with Crippen molar-refractivity contribution in [3.05, 3.63) is 26.9 Å². The molecule has 1 heterocycles. The molecule has 0 unspecified atom stereocenters. The van der Waals surface area contributed by atoms with E-state index in [4.69, 9.17) is 4.74 Å². The highest BCUT2D eigenvalue weighted by atomic mass is 16.5. The zero-order valence-electron chi connectivity index (χ0n) is 8.87. The van der Waals surface area contributed by atoms with Crippen molar-refractivity contribution < 1.29 is 4.74 Å². The van der Waals surface area contributed by atoms with Crippen molar-refractivity contribution in [3.63, 3.8) is 0 Å². The molecule has 0 aromatic carbocycles. The van der Waals surface area contributed by atoms with Crippen LogP contribution in [0.2, 0.25) is 0 Å². The second-order valence-corrected chi connectivity index (χ2v) is 3.16. The summed E-state index contributed by atoms with van der Waals surface area (Å²) in [4.78, 5) is 25.0. The quantitative estimate of drug-likeness (QED) is 0.648. The van der Waals surface area contributed by atoms with Crippen LogP contribution in [0.25, 0.3) is 0 Å². The van der Waals surface area contributed by atoms with Crippen LogP contribution in [0.1, 0.15) is 6.42 Å². The summed E-state index contributed by atoms with van der Waals surface area (Å²) in [5, 5.41) is 2.94. The molecule has 84 valence electrons.